The maximum absolute atomic E-state index is 13.6. The van der Waals surface area contributed by atoms with Gasteiger partial charge in [0.15, 0.2) is 11.5 Å². The van der Waals surface area contributed by atoms with Gasteiger partial charge in [-0.05, 0) is 47.0 Å². The molecule has 0 saturated carbocycles. The monoisotopic (exact) mass is 558 g/mol. The van der Waals surface area contributed by atoms with Crippen LogP contribution in [0, 0.1) is 0 Å². The molecule has 13 heteroatoms. The van der Waals surface area contributed by atoms with Gasteiger partial charge >= 0.3 is 6.18 Å². The van der Waals surface area contributed by atoms with E-state index in [0.29, 0.717) is 0 Å². The van der Waals surface area contributed by atoms with Gasteiger partial charge in [0.05, 0.1) is 24.7 Å². The molecule has 0 aliphatic heterocycles. The zero-order chi connectivity index (χ0) is 27.5. The van der Waals surface area contributed by atoms with Gasteiger partial charge in [0.25, 0.3) is 0 Å². The van der Waals surface area contributed by atoms with Gasteiger partial charge in [-0.25, -0.2) is 8.42 Å². The number of aliphatic hydroxyl groups excluding tert-OH is 1. The second kappa shape index (κ2) is 11.0. The van der Waals surface area contributed by atoms with E-state index >= 15 is 0 Å². The summed E-state index contributed by atoms with van der Waals surface area (Å²) in [7, 11) is -1.78. The summed E-state index contributed by atoms with van der Waals surface area (Å²) < 4.78 is 79.4. The van der Waals surface area contributed by atoms with Crippen molar-refractivity contribution in [1.82, 2.24) is 4.72 Å². The molecule has 2 atom stereocenters. The molecule has 4 N–H and O–H groups in total. The lowest BCUT2D eigenvalue weighted by Crippen LogP contribution is -2.38. The Labute approximate surface area is 215 Å². The van der Waals surface area contributed by atoms with Crippen LogP contribution in [-0.2, 0) is 21.0 Å². The number of methoxy groups -OCH3 is 2. The van der Waals surface area contributed by atoms with E-state index in [2.05, 4.69) is 4.72 Å². The second-order valence-electron chi connectivity index (χ2n) is 7.73. The first-order valence-corrected chi connectivity index (χ1v) is 12.3. The van der Waals surface area contributed by atoms with Crippen molar-refractivity contribution >= 4 is 27.5 Å². The number of halogens is 4. The van der Waals surface area contributed by atoms with Gasteiger partial charge in [-0.15, -0.1) is 0 Å². The van der Waals surface area contributed by atoms with Gasteiger partial charge in [0.2, 0.25) is 15.9 Å². The first-order valence-electron chi connectivity index (χ1n) is 10.5. The summed E-state index contributed by atoms with van der Waals surface area (Å²) in [5, 5.41) is 11.0. The lowest BCUT2D eigenvalue weighted by Gasteiger charge is -2.24. The molecule has 0 aliphatic rings. The molecule has 3 rings (SSSR count). The molecule has 0 spiro atoms. The van der Waals surface area contributed by atoms with Crippen LogP contribution >= 0.6 is 11.6 Å². The van der Waals surface area contributed by atoms with Crippen LogP contribution in [0.15, 0.2) is 65.6 Å². The lowest BCUT2D eigenvalue weighted by atomic mass is 9.90. The van der Waals surface area contributed by atoms with Crippen molar-refractivity contribution in [3.05, 3.63) is 87.9 Å². The van der Waals surface area contributed by atoms with E-state index in [1.165, 1.54) is 44.6 Å². The normalized spacial score (nSPS) is 13.6. The van der Waals surface area contributed by atoms with Crippen molar-refractivity contribution in [3.63, 3.8) is 0 Å². The Bertz CT molecular complexity index is 1420. The average Bonchev–Trinajstić information content (AvgIpc) is 2.85. The predicted molar refractivity (Wildman–Crippen MR) is 129 cm³/mol. The summed E-state index contributed by atoms with van der Waals surface area (Å²) in [4.78, 5) is 12.1. The number of carbonyl (C=O) groups is 1. The molecule has 3 aromatic rings. The molecular weight excluding hydrogens is 537 g/mol. The van der Waals surface area contributed by atoms with Crippen LogP contribution < -0.4 is 19.9 Å². The van der Waals surface area contributed by atoms with Crippen LogP contribution in [0.1, 0.15) is 34.4 Å². The van der Waals surface area contributed by atoms with E-state index in [4.69, 9.17) is 26.8 Å². The van der Waals surface area contributed by atoms with Gasteiger partial charge in [0.1, 0.15) is 12.1 Å². The maximum atomic E-state index is 13.6. The van der Waals surface area contributed by atoms with Crippen LogP contribution in [0.25, 0.3) is 0 Å². The minimum absolute atomic E-state index is 0.0215. The number of nitrogens with one attached hydrogen (secondary N) is 1. The highest BCUT2D eigenvalue weighted by molar-refractivity contribution is 7.89. The summed E-state index contributed by atoms with van der Waals surface area (Å²) in [6, 6.07) is 9.80. The highest BCUT2D eigenvalue weighted by Crippen LogP contribution is 2.39. The van der Waals surface area contributed by atoms with Gasteiger partial charge < -0.3 is 20.3 Å². The number of hydrogen-bond donors (Lipinski definition) is 3. The van der Waals surface area contributed by atoms with Crippen molar-refractivity contribution < 1.29 is 41.0 Å². The molecule has 0 bridgehead atoms. The van der Waals surface area contributed by atoms with Crippen molar-refractivity contribution in [2.45, 2.75) is 23.2 Å². The Hall–Kier alpha value is -3.32. The maximum Gasteiger partial charge on any atom is 0.416 e. The summed E-state index contributed by atoms with van der Waals surface area (Å²) in [5.74, 6) is -0.837. The topological polar surface area (TPSA) is 128 Å². The number of ether oxygens (including phenoxy) is 2. The Morgan fingerprint density at radius 1 is 0.973 bits per heavy atom. The van der Waals surface area contributed by atoms with Crippen molar-refractivity contribution in [2.75, 3.05) is 14.2 Å². The highest BCUT2D eigenvalue weighted by Gasteiger charge is 2.36. The molecule has 1 amide bonds. The number of hydrogen-bond acceptors (Lipinski definition) is 6. The van der Waals surface area contributed by atoms with Gasteiger partial charge in [-0.2, -0.15) is 17.9 Å². The molecule has 0 fully saturated rings. The van der Waals surface area contributed by atoms with Crippen LogP contribution in [0.2, 0.25) is 5.02 Å². The molecule has 8 nitrogen and oxygen atoms in total. The van der Waals surface area contributed by atoms with E-state index < -0.39 is 45.4 Å². The fourth-order valence-electron chi connectivity index (χ4n) is 3.69. The zero-order valence-electron chi connectivity index (χ0n) is 19.4. The molecular formula is C24H22ClF3N2O6S. The van der Waals surface area contributed by atoms with E-state index in [9.17, 15) is 31.5 Å². The Morgan fingerprint density at radius 2 is 1.62 bits per heavy atom. The molecule has 0 aromatic heterocycles. The fraction of sp³-hybridized carbons (Fsp3) is 0.208. The summed E-state index contributed by atoms with van der Waals surface area (Å²) in [6.45, 7) is 0. The third kappa shape index (κ3) is 6.16. The van der Waals surface area contributed by atoms with Gasteiger partial charge in [-0.1, -0.05) is 35.9 Å². The number of benzene rings is 3. The SMILES string of the molecule is COc1ccc(S(=O)(=O)NC(C(N)=O)c2ccc(Cl)cc2C(O)c2ccccc2C(F)(F)F)cc1OC. The quantitative estimate of drug-likeness (QED) is 0.365. The molecule has 0 aliphatic carbocycles. The standard InChI is InChI=1S/C24H22ClF3N2O6S/c1-35-19-10-8-14(12-20(19)36-2)37(33,34)30-21(23(29)32)15-9-7-13(25)11-17(15)22(31)16-5-3-4-6-18(16)24(26,27)28/h3-12,21-22,30-31H,1-2H3,(H2,29,32). The Balaban J connectivity index is 2.11. The minimum atomic E-state index is -4.80. The van der Waals surface area contributed by atoms with Gasteiger partial charge in [0, 0.05) is 11.1 Å². The van der Waals surface area contributed by atoms with E-state index in [-0.39, 0.29) is 32.5 Å². The summed E-state index contributed by atoms with van der Waals surface area (Å²) >= 11 is 6.04. The molecule has 3 aromatic carbocycles. The van der Waals surface area contributed by atoms with E-state index in [0.717, 1.165) is 30.3 Å². The number of carbonyl (C=O) groups excluding carboxylic acids is 1. The summed E-state index contributed by atoms with van der Waals surface area (Å²) in [6.07, 6.45) is -6.73. The number of sulfonamides is 1. The molecule has 0 radical (unpaired) electrons. The average molecular weight is 559 g/mol. The van der Waals surface area contributed by atoms with Gasteiger partial charge in [-0.3, -0.25) is 4.79 Å². The lowest BCUT2D eigenvalue weighted by molar-refractivity contribution is -0.139. The Kier molecular flexibility index (Phi) is 8.38. The number of primary amides is 1. The zero-order valence-corrected chi connectivity index (χ0v) is 21.0. The number of nitrogens with two attached hydrogens (primary N) is 1. The second-order valence-corrected chi connectivity index (χ2v) is 9.88. The largest absolute Gasteiger partial charge is 0.493 e. The van der Waals surface area contributed by atoms with Crippen molar-refractivity contribution in [2.24, 2.45) is 5.73 Å². The number of amides is 1. The van der Waals surface area contributed by atoms with E-state index in [1.54, 1.807) is 0 Å². The fourth-order valence-corrected chi connectivity index (χ4v) is 5.07. The van der Waals surface area contributed by atoms with Crippen LogP contribution in [0.5, 0.6) is 11.5 Å². The van der Waals surface area contributed by atoms with Crippen LogP contribution in [-0.4, -0.2) is 33.7 Å². The molecule has 37 heavy (non-hydrogen) atoms. The Morgan fingerprint density at radius 3 is 2.22 bits per heavy atom. The van der Waals surface area contributed by atoms with E-state index in [1.807, 2.05) is 0 Å². The predicted octanol–water partition coefficient (Wildman–Crippen LogP) is 3.96. The molecule has 2 unspecified atom stereocenters. The smallest absolute Gasteiger partial charge is 0.416 e. The molecule has 0 saturated heterocycles. The highest BCUT2D eigenvalue weighted by atomic mass is 35.5. The number of rotatable bonds is 9. The molecule has 0 heterocycles. The molecule has 198 valence electrons. The third-order valence-corrected chi connectivity index (χ3v) is 7.09. The summed E-state index contributed by atoms with van der Waals surface area (Å²) in [5.41, 5.74) is 3.42. The number of alkyl halides is 3. The van der Waals surface area contributed by atoms with Crippen molar-refractivity contribution in [3.8, 4) is 11.5 Å². The van der Waals surface area contributed by atoms with Crippen molar-refractivity contribution in [1.29, 1.82) is 0 Å². The van der Waals surface area contributed by atoms with Crippen LogP contribution in [0.4, 0.5) is 13.2 Å². The van der Waals surface area contributed by atoms with Crippen LogP contribution in [0.3, 0.4) is 0 Å². The minimum Gasteiger partial charge on any atom is -0.493 e. The first kappa shape index (κ1) is 28.3. The first-order chi connectivity index (χ1) is 17.3. The number of aliphatic hydroxyl groups is 1. The third-order valence-electron chi connectivity index (χ3n) is 5.44.